The van der Waals surface area contributed by atoms with E-state index in [1.165, 1.54) is 11.3 Å². The van der Waals surface area contributed by atoms with Crippen molar-refractivity contribution in [3.05, 3.63) is 47.5 Å². The van der Waals surface area contributed by atoms with Gasteiger partial charge in [-0.2, -0.15) is 0 Å². The minimum Gasteiger partial charge on any atom is -0.445 e. The molecule has 0 aliphatic rings. The molecule has 4 N–H and O–H groups in total. The summed E-state index contributed by atoms with van der Waals surface area (Å²) in [6.07, 6.45) is 3.10. The molecule has 0 fully saturated rings. The van der Waals surface area contributed by atoms with E-state index in [-0.39, 0.29) is 6.61 Å². The van der Waals surface area contributed by atoms with Gasteiger partial charge in [-0.05, 0) is 43.3 Å². The van der Waals surface area contributed by atoms with Crippen molar-refractivity contribution in [2.24, 2.45) is 0 Å². The van der Waals surface area contributed by atoms with E-state index in [9.17, 15) is 9.00 Å². The lowest BCUT2D eigenvalue weighted by atomic mass is 10.0. The first-order chi connectivity index (χ1) is 17.9. The molecule has 37 heavy (non-hydrogen) atoms. The van der Waals surface area contributed by atoms with Gasteiger partial charge in [-0.15, -0.1) is 11.3 Å². The molecule has 0 aliphatic carbocycles. The molecule has 0 bridgehead atoms. The van der Waals surface area contributed by atoms with E-state index in [4.69, 9.17) is 15.5 Å². The predicted octanol–water partition coefficient (Wildman–Crippen LogP) is 4.63. The molecule has 4 rings (SSSR count). The van der Waals surface area contributed by atoms with Crippen molar-refractivity contribution in [1.29, 1.82) is 0 Å². The molecule has 0 spiro atoms. The molecule has 1 aromatic carbocycles. The van der Waals surface area contributed by atoms with Crippen LogP contribution in [0.25, 0.3) is 32.9 Å². The number of alkyl carbamates (subject to hydrolysis) is 1. The molecule has 1 amide bonds. The molecule has 9 nitrogen and oxygen atoms in total. The van der Waals surface area contributed by atoms with Gasteiger partial charge in [-0.1, -0.05) is 37.6 Å². The monoisotopic (exact) mass is 540 g/mol. The van der Waals surface area contributed by atoms with Crippen LogP contribution in [0.3, 0.4) is 0 Å². The van der Waals surface area contributed by atoms with Crippen LogP contribution in [0.15, 0.2) is 46.9 Å². The highest BCUT2D eigenvalue weighted by Crippen LogP contribution is 2.38. The minimum absolute atomic E-state index is 0.164. The second-order valence-electron chi connectivity index (χ2n) is 8.89. The average molecular weight is 541 g/mol. The second-order valence-corrected chi connectivity index (χ2v) is 11.3. The van der Waals surface area contributed by atoms with Crippen molar-refractivity contribution in [3.8, 4) is 21.8 Å². The van der Waals surface area contributed by atoms with E-state index in [1.54, 1.807) is 6.20 Å². The maximum atomic E-state index is 12.9. The molecular weight excluding hydrogens is 508 g/mol. The smallest absolute Gasteiger partial charge is 0.407 e. The van der Waals surface area contributed by atoms with E-state index >= 15 is 0 Å². The Bertz CT molecular complexity index is 1370. The number of anilines is 1. The number of benzene rings is 1. The zero-order valence-electron chi connectivity index (χ0n) is 21.2. The number of pyridine rings is 1. The number of hydrogen-bond donors (Lipinski definition) is 3. The highest BCUT2D eigenvalue weighted by Gasteiger charge is 2.20. The van der Waals surface area contributed by atoms with Gasteiger partial charge in [0.05, 0.1) is 21.9 Å². The van der Waals surface area contributed by atoms with Crippen molar-refractivity contribution in [2.45, 2.75) is 31.4 Å². The van der Waals surface area contributed by atoms with Crippen molar-refractivity contribution < 1.29 is 13.7 Å². The van der Waals surface area contributed by atoms with Crippen LogP contribution in [0.2, 0.25) is 0 Å². The van der Waals surface area contributed by atoms with E-state index in [0.717, 1.165) is 46.5 Å². The fourth-order valence-corrected chi connectivity index (χ4v) is 5.71. The summed E-state index contributed by atoms with van der Waals surface area (Å²) in [7, 11) is 2.64. The average Bonchev–Trinajstić information content (AvgIpc) is 3.54. The maximum Gasteiger partial charge on any atom is 0.407 e. The van der Waals surface area contributed by atoms with E-state index < -0.39 is 16.9 Å². The van der Waals surface area contributed by atoms with E-state index in [1.807, 2.05) is 54.7 Å². The Morgan fingerprint density at radius 2 is 2.05 bits per heavy atom. The largest absolute Gasteiger partial charge is 0.445 e. The molecule has 196 valence electrons. The van der Waals surface area contributed by atoms with Crippen LogP contribution in [0, 0.1) is 0 Å². The molecule has 3 aromatic heterocycles. The molecule has 1 unspecified atom stereocenters. The lowest BCUT2D eigenvalue weighted by Gasteiger charge is -2.11. The number of fused-ring (bicyclic) bond motifs is 1. The summed E-state index contributed by atoms with van der Waals surface area (Å²) in [5.41, 5.74) is 11.0. The molecule has 0 aliphatic heterocycles. The number of thiazole rings is 1. The summed E-state index contributed by atoms with van der Waals surface area (Å²) < 4.78 is 18.3. The minimum atomic E-state index is -1.24. The standard InChI is InChI=1S/C26H32N6O3S2/c1-4-5-14-37(34)25-22(27)21-19(15-20(30-23(21)31-25)24-28-11-13-36-24)18-8-6-17(7-9-18)16-35-26(33)29-10-12-32(2)3/h6-9,11,13,15H,4-5,10,12,14,16,27H2,1-3H3,(H,29,33)(H,30,31). The first-order valence-electron chi connectivity index (χ1n) is 12.1. The summed E-state index contributed by atoms with van der Waals surface area (Å²) in [5, 5.41) is 6.68. The number of H-pyrrole nitrogens is 1. The first kappa shape index (κ1) is 26.8. The maximum absolute atomic E-state index is 12.9. The molecular formula is C26H32N6O3S2. The van der Waals surface area contributed by atoms with Gasteiger partial charge in [0.25, 0.3) is 0 Å². The van der Waals surface area contributed by atoms with Gasteiger partial charge in [0.15, 0.2) is 0 Å². The Labute approximate surface area is 222 Å². The van der Waals surface area contributed by atoms with E-state index in [0.29, 0.717) is 34.4 Å². The summed E-state index contributed by atoms with van der Waals surface area (Å²) in [5.74, 6) is 0.541. The molecule has 1 atom stereocenters. The summed E-state index contributed by atoms with van der Waals surface area (Å²) >= 11 is 1.50. The number of amides is 1. The molecule has 0 radical (unpaired) electrons. The zero-order chi connectivity index (χ0) is 26.4. The number of nitrogen functional groups attached to an aromatic ring is 1. The van der Waals surface area contributed by atoms with Gasteiger partial charge in [0.2, 0.25) is 0 Å². The van der Waals surface area contributed by atoms with Gasteiger partial charge in [-0.3, -0.25) is 4.21 Å². The van der Waals surface area contributed by atoms with Gasteiger partial charge in [0.1, 0.15) is 28.0 Å². The lowest BCUT2D eigenvalue weighted by Crippen LogP contribution is -2.31. The lowest BCUT2D eigenvalue weighted by molar-refractivity contribution is 0.139. The summed E-state index contributed by atoms with van der Waals surface area (Å²) in [6.45, 7) is 3.49. The van der Waals surface area contributed by atoms with Gasteiger partial charge < -0.3 is 25.7 Å². The Hall–Kier alpha value is -3.28. The third kappa shape index (κ3) is 6.54. The number of likely N-dealkylation sites (N-methyl/N-ethyl adjacent to an activating group) is 1. The highest BCUT2D eigenvalue weighted by atomic mass is 32.2. The molecule has 0 saturated carbocycles. The van der Waals surface area contributed by atoms with Crippen molar-refractivity contribution in [1.82, 2.24) is 25.2 Å². The van der Waals surface area contributed by atoms with Gasteiger partial charge >= 0.3 is 6.09 Å². The predicted molar refractivity (Wildman–Crippen MR) is 150 cm³/mol. The number of aromatic amines is 1. The number of nitrogens with zero attached hydrogens (tertiary/aromatic N) is 3. The summed E-state index contributed by atoms with van der Waals surface area (Å²) in [6, 6.07) is 9.72. The van der Waals surface area contributed by atoms with E-state index in [2.05, 4.69) is 22.2 Å². The number of nitrogens with one attached hydrogen (secondary N) is 2. The van der Waals surface area contributed by atoms with Gasteiger partial charge in [0, 0.05) is 30.4 Å². The number of unbranched alkanes of at least 4 members (excludes halogenated alkanes) is 1. The van der Waals surface area contributed by atoms with Crippen LogP contribution in [0.5, 0.6) is 0 Å². The van der Waals surface area contributed by atoms with Crippen molar-refractivity contribution in [2.75, 3.05) is 38.7 Å². The van der Waals surface area contributed by atoms with Crippen LogP contribution in [0.1, 0.15) is 25.3 Å². The zero-order valence-corrected chi connectivity index (χ0v) is 22.9. The number of hydrogen-bond acceptors (Lipinski definition) is 8. The topological polar surface area (TPSA) is 126 Å². The number of carbonyl (C=O) groups is 1. The molecule has 3 heterocycles. The molecule has 4 aromatic rings. The fourth-order valence-electron chi connectivity index (χ4n) is 3.80. The third-order valence-corrected chi connectivity index (χ3v) is 8.02. The Morgan fingerprint density at radius 1 is 1.27 bits per heavy atom. The van der Waals surface area contributed by atoms with Gasteiger partial charge in [-0.25, -0.2) is 14.8 Å². The Balaban J connectivity index is 1.62. The van der Waals surface area contributed by atoms with Crippen LogP contribution in [0.4, 0.5) is 10.5 Å². The van der Waals surface area contributed by atoms with Crippen LogP contribution in [-0.2, 0) is 22.1 Å². The quantitative estimate of drug-likeness (QED) is 0.253. The van der Waals surface area contributed by atoms with Crippen molar-refractivity contribution in [3.63, 3.8) is 0 Å². The number of rotatable bonds is 11. The SMILES string of the molecule is CCCCS(=O)c1[nH]c2nc(-c3nccs3)cc(-c3ccc(COC(=O)NCCN(C)C)cc3)c2c1N. The number of carbonyl (C=O) groups excluding carboxylic acids is 1. The first-order valence-corrected chi connectivity index (χ1v) is 14.3. The number of aromatic nitrogens is 3. The normalized spacial score (nSPS) is 12.2. The number of ether oxygens (including phenoxy) is 1. The highest BCUT2D eigenvalue weighted by molar-refractivity contribution is 7.85. The van der Waals surface area contributed by atoms with Crippen LogP contribution >= 0.6 is 11.3 Å². The Kier molecular flexibility index (Phi) is 8.91. The second kappa shape index (κ2) is 12.3. The molecule has 11 heteroatoms. The number of nitrogens with two attached hydrogens (primary N) is 1. The summed E-state index contributed by atoms with van der Waals surface area (Å²) in [4.78, 5) is 26.3. The van der Waals surface area contributed by atoms with Crippen molar-refractivity contribution >= 4 is 45.0 Å². The fraction of sp³-hybridized carbons (Fsp3) is 0.346. The van der Waals surface area contributed by atoms with Crippen LogP contribution < -0.4 is 11.1 Å². The van der Waals surface area contributed by atoms with Crippen LogP contribution in [-0.4, -0.2) is 63.1 Å². The Morgan fingerprint density at radius 3 is 2.73 bits per heavy atom. The third-order valence-electron chi connectivity index (χ3n) is 5.79. The molecule has 0 saturated heterocycles.